The zero-order valence-electron chi connectivity index (χ0n) is 10.5. The molecule has 0 radical (unpaired) electrons. The highest BCUT2D eigenvalue weighted by Crippen LogP contribution is 1.91. The Morgan fingerprint density at radius 3 is 2.39 bits per heavy atom. The van der Waals surface area contributed by atoms with Crippen LogP contribution < -0.4 is 10.6 Å². The molecule has 0 aromatic carbocycles. The van der Waals surface area contributed by atoms with E-state index in [-0.39, 0.29) is 25.5 Å². The van der Waals surface area contributed by atoms with Crippen LogP contribution in [-0.4, -0.2) is 65.8 Å². The monoisotopic (exact) mass is 261 g/mol. The Balaban J connectivity index is 4.10. The number of hydrogen-bond acceptors (Lipinski definition) is 4. The van der Waals surface area contributed by atoms with Gasteiger partial charge in [-0.25, -0.2) is 9.59 Å². The van der Waals surface area contributed by atoms with Gasteiger partial charge < -0.3 is 25.7 Å². The van der Waals surface area contributed by atoms with Crippen LogP contribution in [-0.2, 0) is 9.59 Å². The van der Waals surface area contributed by atoms with Crippen molar-refractivity contribution < 1.29 is 24.6 Å². The Bertz CT molecular complexity index is 308. The van der Waals surface area contributed by atoms with Crippen molar-refractivity contribution in [1.82, 2.24) is 15.5 Å². The van der Waals surface area contributed by atoms with Crippen molar-refractivity contribution in [2.45, 2.75) is 19.4 Å². The number of carbonyl (C=O) groups is 3. The van der Waals surface area contributed by atoms with Crippen LogP contribution in [0.3, 0.4) is 0 Å². The molecule has 3 amide bonds. The van der Waals surface area contributed by atoms with Gasteiger partial charge in [-0.15, -0.1) is 0 Å². The van der Waals surface area contributed by atoms with E-state index in [2.05, 4.69) is 10.6 Å². The van der Waals surface area contributed by atoms with Gasteiger partial charge in [0.05, 0.1) is 6.54 Å². The van der Waals surface area contributed by atoms with E-state index in [0.29, 0.717) is 6.54 Å². The fraction of sp³-hybridized carbons (Fsp3) is 0.700. The first-order valence-corrected chi connectivity index (χ1v) is 5.54. The molecule has 104 valence electrons. The fourth-order valence-corrected chi connectivity index (χ4v) is 1.06. The molecule has 8 heteroatoms. The number of likely N-dealkylation sites (N-methyl/N-ethyl adjacent to an activating group) is 1. The molecule has 0 saturated carbocycles. The summed E-state index contributed by atoms with van der Waals surface area (Å²) in [5.41, 5.74) is 0. The predicted molar refractivity (Wildman–Crippen MR) is 63.0 cm³/mol. The van der Waals surface area contributed by atoms with Crippen LogP contribution in [0, 0.1) is 0 Å². The van der Waals surface area contributed by atoms with Gasteiger partial charge >= 0.3 is 12.0 Å². The standard InChI is InChI=1S/C10H19N3O5/c1-3-13(2)8(15)6-11-10(18)12-7(4-5-14)9(16)17/h7,14H,3-6H2,1-2H3,(H,16,17)(H2,11,12,18). The number of nitrogens with zero attached hydrogens (tertiary/aromatic N) is 1. The predicted octanol–water partition coefficient (Wildman–Crippen LogP) is -1.40. The van der Waals surface area contributed by atoms with Crippen molar-refractivity contribution >= 4 is 17.9 Å². The molecule has 0 rings (SSSR count). The van der Waals surface area contributed by atoms with E-state index in [9.17, 15) is 14.4 Å². The first-order chi connectivity index (χ1) is 8.42. The van der Waals surface area contributed by atoms with Gasteiger partial charge in [-0.1, -0.05) is 0 Å². The van der Waals surface area contributed by atoms with Crippen molar-refractivity contribution in [3.05, 3.63) is 0 Å². The second-order valence-corrected chi connectivity index (χ2v) is 3.64. The number of rotatable bonds is 7. The van der Waals surface area contributed by atoms with Crippen LogP contribution in [0.25, 0.3) is 0 Å². The van der Waals surface area contributed by atoms with Crippen molar-refractivity contribution in [2.75, 3.05) is 26.7 Å². The molecule has 0 aliphatic rings. The van der Waals surface area contributed by atoms with E-state index < -0.39 is 18.0 Å². The third-order valence-corrected chi connectivity index (χ3v) is 2.32. The molecule has 0 spiro atoms. The number of aliphatic carboxylic acids is 1. The molecule has 1 unspecified atom stereocenters. The van der Waals surface area contributed by atoms with Crippen molar-refractivity contribution in [3.63, 3.8) is 0 Å². The van der Waals surface area contributed by atoms with Crippen molar-refractivity contribution in [2.24, 2.45) is 0 Å². The van der Waals surface area contributed by atoms with E-state index in [1.54, 1.807) is 14.0 Å². The van der Waals surface area contributed by atoms with Crippen molar-refractivity contribution in [3.8, 4) is 0 Å². The lowest BCUT2D eigenvalue weighted by Gasteiger charge is -2.16. The lowest BCUT2D eigenvalue weighted by molar-refractivity contribution is -0.139. The molecular weight excluding hydrogens is 242 g/mol. The summed E-state index contributed by atoms with van der Waals surface area (Å²) in [6, 6.07) is -1.93. The van der Waals surface area contributed by atoms with Gasteiger partial charge in [0, 0.05) is 26.6 Å². The molecule has 4 N–H and O–H groups in total. The van der Waals surface area contributed by atoms with Crippen LogP contribution in [0.1, 0.15) is 13.3 Å². The molecule has 0 aromatic rings. The van der Waals surface area contributed by atoms with Crippen LogP contribution >= 0.6 is 0 Å². The molecule has 1 atom stereocenters. The highest BCUT2D eigenvalue weighted by Gasteiger charge is 2.19. The number of amides is 3. The van der Waals surface area contributed by atoms with Crippen LogP contribution in [0.2, 0.25) is 0 Å². The molecule has 0 saturated heterocycles. The molecular formula is C10H19N3O5. The van der Waals surface area contributed by atoms with Crippen LogP contribution in [0.4, 0.5) is 4.79 Å². The summed E-state index contributed by atoms with van der Waals surface area (Å²) in [6.07, 6.45) is -0.0917. The summed E-state index contributed by atoms with van der Waals surface area (Å²) in [7, 11) is 1.59. The summed E-state index contributed by atoms with van der Waals surface area (Å²) < 4.78 is 0. The number of carboxylic acid groups (broad SMARTS) is 1. The van der Waals surface area contributed by atoms with Gasteiger partial charge in [0.15, 0.2) is 0 Å². The van der Waals surface area contributed by atoms with Gasteiger partial charge in [-0.2, -0.15) is 0 Å². The maximum atomic E-state index is 11.4. The molecule has 18 heavy (non-hydrogen) atoms. The first-order valence-electron chi connectivity index (χ1n) is 5.54. The third kappa shape index (κ3) is 6.04. The van der Waals surface area contributed by atoms with Gasteiger partial charge in [-0.3, -0.25) is 4.79 Å². The topological polar surface area (TPSA) is 119 Å². The van der Waals surface area contributed by atoms with Gasteiger partial charge in [0.25, 0.3) is 0 Å². The maximum absolute atomic E-state index is 11.4. The smallest absolute Gasteiger partial charge is 0.326 e. The fourth-order valence-electron chi connectivity index (χ4n) is 1.06. The number of aliphatic hydroxyl groups excluding tert-OH is 1. The van der Waals surface area contributed by atoms with Crippen LogP contribution in [0.5, 0.6) is 0 Å². The summed E-state index contributed by atoms with van der Waals surface area (Å²) in [4.78, 5) is 34.8. The summed E-state index contributed by atoms with van der Waals surface area (Å²) in [6.45, 7) is 1.75. The normalized spacial score (nSPS) is 11.5. The zero-order valence-corrected chi connectivity index (χ0v) is 10.5. The lowest BCUT2D eigenvalue weighted by atomic mass is 10.2. The minimum Gasteiger partial charge on any atom is -0.480 e. The Morgan fingerprint density at radius 1 is 1.33 bits per heavy atom. The number of urea groups is 1. The zero-order chi connectivity index (χ0) is 14.1. The average Bonchev–Trinajstić information content (AvgIpc) is 2.34. The number of hydrogen-bond donors (Lipinski definition) is 4. The largest absolute Gasteiger partial charge is 0.480 e. The molecule has 0 aliphatic heterocycles. The quantitative estimate of drug-likeness (QED) is 0.449. The number of nitrogens with one attached hydrogen (secondary N) is 2. The average molecular weight is 261 g/mol. The van der Waals surface area contributed by atoms with Crippen LogP contribution in [0.15, 0.2) is 0 Å². The van der Waals surface area contributed by atoms with E-state index in [1.165, 1.54) is 4.90 Å². The Labute approximate surface area is 105 Å². The third-order valence-electron chi connectivity index (χ3n) is 2.32. The lowest BCUT2D eigenvalue weighted by Crippen LogP contribution is -2.48. The van der Waals surface area contributed by atoms with E-state index in [1.807, 2.05) is 0 Å². The number of aliphatic hydroxyl groups is 1. The van der Waals surface area contributed by atoms with Gasteiger partial charge in [0.2, 0.25) is 5.91 Å². The van der Waals surface area contributed by atoms with Gasteiger partial charge in [-0.05, 0) is 6.92 Å². The summed E-state index contributed by atoms with van der Waals surface area (Å²) in [5.74, 6) is -1.52. The SMILES string of the molecule is CCN(C)C(=O)CNC(=O)NC(CCO)C(=O)O. The van der Waals surface area contributed by atoms with E-state index in [4.69, 9.17) is 10.2 Å². The van der Waals surface area contributed by atoms with E-state index >= 15 is 0 Å². The minimum absolute atomic E-state index is 0.0917. The van der Waals surface area contributed by atoms with E-state index in [0.717, 1.165) is 0 Å². The second kappa shape index (κ2) is 8.29. The molecule has 0 fully saturated rings. The Kier molecular flexibility index (Phi) is 7.45. The summed E-state index contributed by atoms with van der Waals surface area (Å²) >= 11 is 0. The van der Waals surface area contributed by atoms with Gasteiger partial charge in [0.1, 0.15) is 6.04 Å². The molecule has 0 bridgehead atoms. The maximum Gasteiger partial charge on any atom is 0.326 e. The molecule has 0 heterocycles. The first kappa shape index (κ1) is 16.2. The Morgan fingerprint density at radius 2 is 1.94 bits per heavy atom. The molecule has 0 aliphatic carbocycles. The molecule has 0 aromatic heterocycles. The highest BCUT2D eigenvalue weighted by molar-refractivity contribution is 5.86. The molecule has 8 nitrogen and oxygen atoms in total. The second-order valence-electron chi connectivity index (χ2n) is 3.64. The Hall–Kier alpha value is -1.83. The minimum atomic E-state index is -1.24. The summed E-state index contributed by atoms with van der Waals surface area (Å²) in [5, 5.41) is 21.8. The number of carboxylic acids is 1. The highest BCUT2D eigenvalue weighted by atomic mass is 16.4. The number of carbonyl (C=O) groups excluding carboxylic acids is 2. The van der Waals surface area contributed by atoms with Crippen molar-refractivity contribution in [1.29, 1.82) is 0 Å².